The van der Waals surface area contributed by atoms with Crippen LogP contribution in [0.3, 0.4) is 0 Å². The number of carbonyl (C=O) groups is 1. The van der Waals surface area contributed by atoms with Gasteiger partial charge >= 0.3 is 0 Å². The summed E-state index contributed by atoms with van der Waals surface area (Å²) < 4.78 is 2.15. The molecule has 2 aromatic carbocycles. The van der Waals surface area contributed by atoms with Gasteiger partial charge in [0.15, 0.2) is 11.0 Å². The molecule has 1 aromatic heterocycles. The summed E-state index contributed by atoms with van der Waals surface area (Å²) in [6, 6.07) is 18.7. The Kier molecular flexibility index (Phi) is 8.82. The fourth-order valence-corrected chi connectivity index (χ4v) is 5.33. The van der Waals surface area contributed by atoms with Crippen molar-refractivity contribution in [2.45, 2.75) is 50.4 Å². The van der Waals surface area contributed by atoms with Crippen LogP contribution in [0.15, 0.2) is 59.8 Å². The summed E-state index contributed by atoms with van der Waals surface area (Å²) in [5.41, 5.74) is 3.23. The van der Waals surface area contributed by atoms with Crippen molar-refractivity contribution >= 4 is 29.0 Å². The van der Waals surface area contributed by atoms with Crippen LogP contribution in [-0.2, 0) is 11.3 Å². The molecule has 1 saturated heterocycles. The van der Waals surface area contributed by atoms with Gasteiger partial charge in [-0.2, -0.15) is 0 Å². The largest absolute Gasteiger partial charge is 0.372 e. The first-order valence-electron chi connectivity index (χ1n) is 12.5. The normalized spacial score (nSPS) is 14.8. The maximum absolute atomic E-state index is 12.7. The Morgan fingerprint density at radius 3 is 2.40 bits per heavy atom. The molecule has 3 aromatic rings. The van der Waals surface area contributed by atoms with Crippen LogP contribution in [0.5, 0.6) is 0 Å². The third-order valence-electron chi connectivity index (χ3n) is 6.44. The number of nitrogens with zero attached hydrogens (tertiary/aromatic N) is 5. The molecule has 0 radical (unpaired) electrons. The summed E-state index contributed by atoms with van der Waals surface area (Å²) in [5.74, 6) is 1.16. The number of amides is 1. The van der Waals surface area contributed by atoms with Crippen LogP contribution in [0.2, 0.25) is 0 Å². The SMILES string of the molecule is CCC(c1nnc(SCC(=O)Nc2ccc(N3CCCCC3)cc2)n1Cc1ccccc1)N(C)C. The number of benzene rings is 2. The van der Waals surface area contributed by atoms with Crippen LogP contribution in [0.4, 0.5) is 11.4 Å². The summed E-state index contributed by atoms with van der Waals surface area (Å²) in [7, 11) is 4.12. The zero-order valence-electron chi connectivity index (χ0n) is 21.0. The Balaban J connectivity index is 1.41. The highest BCUT2D eigenvalue weighted by Crippen LogP contribution is 2.27. The number of carbonyl (C=O) groups excluding carboxylic acids is 1. The van der Waals surface area contributed by atoms with E-state index in [1.165, 1.54) is 42.3 Å². The minimum absolute atomic E-state index is 0.0452. The molecule has 0 bridgehead atoms. The second kappa shape index (κ2) is 12.2. The summed E-state index contributed by atoms with van der Waals surface area (Å²) in [5, 5.41) is 12.8. The fourth-order valence-electron chi connectivity index (χ4n) is 4.58. The highest BCUT2D eigenvalue weighted by atomic mass is 32.2. The van der Waals surface area contributed by atoms with Gasteiger partial charge in [-0.25, -0.2) is 0 Å². The zero-order valence-corrected chi connectivity index (χ0v) is 21.8. The van der Waals surface area contributed by atoms with Crippen LogP contribution in [0.1, 0.15) is 50.0 Å². The maximum Gasteiger partial charge on any atom is 0.234 e. The Hall–Kier alpha value is -2.84. The quantitative estimate of drug-likeness (QED) is 0.399. The zero-order chi connectivity index (χ0) is 24.6. The van der Waals surface area contributed by atoms with Crippen LogP contribution >= 0.6 is 11.8 Å². The molecule has 1 aliphatic rings. The number of hydrogen-bond acceptors (Lipinski definition) is 6. The molecule has 7 nitrogen and oxygen atoms in total. The van der Waals surface area contributed by atoms with E-state index in [-0.39, 0.29) is 17.7 Å². The molecule has 0 aliphatic carbocycles. The standard InChI is InChI=1S/C27H36N6OS/c1-4-24(31(2)3)26-29-30-27(33(26)19-21-11-7-5-8-12-21)35-20-25(34)28-22-13-15-23(16-14-22)32-17-9-6-10-18-32/h5,7-8,11-16,24H,4,6,9-10,17-20H2,1-3H3,(H,28,34). The summed E-state index contributed by atoms with van der Waals surface area (Å²) in [4.78, 5) is 17.3. The van der Waals surface area contributed by atoms with E-state index in [9.17, 15) is 4.79 Å². The van der Waals surface area contributed by atoms with E-state index in [2.05, 4.69) is 75.2 Å². The van der Waals surface area contributed by atoms with E-state index in [1.807, 2.05) is 30.3 Å². The average molecular weight is 493 g/mol. The molecule has 4 rings (SSSR count). The van der Waals surface area contributed by atoms with Crippen molar-refractivity contribution in [3.8, 4) is 0 Å². The average Bonchev–Trinajstić information content (AvgIpc) is 3.26. The van der Waals surface area contributed by atoms with Gasteiger partial charge in [-0.15, -0.1) is 10.2 Å². The Morgan fingerprint density at radius 2 is 1.74 bits per heavy atom. The van der Waals surface area contributed by atoms with Crippen LogP contribution in [-0.4, -0.2) is 58.5 Å². The number of piperidine rings is 1. The summed E-state index contributed by atoms with van der Waals surface area (Å²) in [6.45, 7) is 5.06. The maximum atomic E-state index is 12.7. The first kappa shape index (κ1) is 25.3. The van der Waals surface area contributed by atoms with Gasteiger partial charge in [-0.1, -0.05) is 49.0 Å². The molecular weight excluding hydrogens is 456 g/mol. The van der Waals surface area contributed by atoms with Crippen molar-refractivity contribution in [1.29, 1.82) is 0 Å². The lowest BCUT2D eigenvalue weighted by Gasteiger charge is -2.28. The number of aromatic nitrogens is 3. The van der Waals surface area contributed by atoms with Gasteiger partial charge in [-0.05, 0) is 69.6 Å². The van der Waals surface area contributed by atoms with E-state index in [1.54, 1.807) is 0 Å². The summed E-state index contributed by atoms with van der Waals surface area (Å²) >= 11 is 1.43. The Morgan fingerprint density at radius 1 is 1.03 bits per heavy atom. The number of anilines is 2. The molecule has 1 atom stereocenters. The molecule has 0 saturated carbocycles. The third-order valence-corrected chi connectivity index (χ3v) is 7.41. The van der Waals surface area contributed by atoms with E-state index >= 15 is 0 Å². The number of nitrogens with one attached hydrogen (secondary N) is 1. The second-order valence-electron chi connectivity index (χ2n) is 9.23. The van der Waals surface area contributed by atoms with Gasteiger partial charge in [0.25, 0.3) is 0 Å². The lowest BCUT2D eigenvalue weighted by Crippen LogP contribution is -2.29. The van der Waals surface area contributed by atoms with Gasteiger partial charge in [0.1, 0.15) is 0 Å². The highest BCUT2D eigenvalue weighted by molar-refractivity contribution is 7.99. The minimum Gasteiger partial charge on any atom is -0.372 e. The van der Waals surface area contributed by atoms with Gasteiger partial charge in [0.05, 0.1) is 18.3 Å². The molecule has 1 fully saturated rings. The van der Waals surface area contributed by atoms with Crippen LogP contribution in [0.25, 0.3) is 0 Å². The summed E-state index contributed by atoms with van der Waals surface area (Å²) in [6.07, 6.45) is 4.75. The molecule has 8 heteroatoms. The lowest BCUT2D eigenvalue weighted by molar-refractivity contribution is -0.113. The number of hydrogen-bond donors (Lipinski definition) is 1. The number of thioether (sulfide) groups is 1. The molecule has 1 N–H and O–H groups in total. The van der Waals surface area contributed by atoms with Crippen LogP contribution in [0, 0.1) is 0 Å². The van der Waals surface area contributed by atoms with Crippen molar-refractivity contribution in [1.82, 2.24) is 19.7 Å². The van der Waals surface area contributed by atoms with E-state index < -0.39 is 0 Å². The molecule has 35 heavy (non-hydrogen) atoms. The van der Waals surface area contributed by atoms with E-state index in [4.69, 9.17) is 0 Å². The van der Waals surface area contributed by atoms with Crippen molar-refractivity contribution < 1.29 is 4.79 Å². The molecule has 186 valence electrons. The Bertz CT molecular complexity index is 1080. The van der Waals surface area contributed by atoms with Gasteiger partial charge in [0, 0.05) is 24.5 Å². The molecule has 1 unspecified atom stereocenters. The topological polar surface area (TPSA) is 66.3 Å². The van der Waals surface area contributed by atoms with Crippen molar-refractivity contribution in [2.24, 2.45) is 0 Å². The smallest absolute Gasteiger partial charge is 0.234 e. The van der Waals surface area contributed by atoms with Gasteiger partial charge in [-0.3, -0.25) is 9.69 Å². The first-order chi connectivity index (χ1) is 17.0. The minimum atomic E-state index is -0.0452. The van der Waals surface area contributed by atoms with Crippen LogP contribution < -0.4 is 10.2 Å². The van der Waals surface area contributed by atoms with E-state index in [0.29, 0.717) is 6.54 Å². The van der Waals surface area contributed by atoms with Gasteiger partial charge < -0.3 is 14.8 Å². The third kappa shape index (κ3) is 6.64. The first-order valence-corrected chi connectivity index (χ1v) is 13.4. The van der Waals surface area contributed by atoms with E-state index in [0.717, 1.165) is 36.2 Å². The van der Waals surface area contributed by atoms with Crippen molar-refractivity contribution in [2.75, 3.05) is 43.2 Å². The number of rotatable bonds is 10. The molecule has 1 aliphatic heterocycles. The highest BCUT2D eigenvalue weighted by Gasteiger charge is 2.22. The van der Waals surface area contributed by atoms with Gasteiger partial charge in [0.2, 0.25) is 5.91 Å². The predicted molar refractivity (Wildman–Crippen MR) is 144 cm³/mol. The van der Waals surface area contributed by atoms with Crippen molar-refractivity contribution in [3.05, 3.63) is 66.0 Å². The fraction of sp³-hybridized carbons (Fsp3) is 0.444. The lowest BCUT2D eigenvalue weighted by atomic mass is 10.1. The molecule has 2 heterocycles. The second-order valence-corrected chi connectivity index (χ2v) is 10.2. The molecular formula is C27H36N6OS. The monoisotopic (exact) mass is 492 g/mol. The molecule has 0 spiro atoms. The molecule has 1 amide bonds. The Labute approximate surface area is 212 Å². The predicted octanol–water partition coefficient (Wildman–Crippen LogP) is 5.06. The van der Waals surface area contributed by atoms with Crippen molar-refractivity contribution in [3.63, 3.8) is 0 Å².